The SMILES string of the molecule is CCCCCCSc1n[n+]2c(c(=O)[nH]1)-c1ccccc1N(C(C)=O)[C@H]2C. The number of hydrogen-bond acceptors (Lipinski definition) is 4. The van der Waals surface area contributed by atoms with Gasteiger partial charge in [-0.05, 0) is 18.6 Å². The van der Waals surface area contributed by atoms with Crippen LogP contribution in [0.25, 0.3) is 11.3 Å². The van der Waals surface area contributed by atoms with Gasteiger partial charge in [0.1, 0.15) is 0 Å². The molecule has 1 amide bonds. The van der Waals surface area contributed by atoms with Gasteiger partial charge in [0.05, 0.1) is 11.3 Å². The van der Waals surface area contributed by atoms with Gasteiger partial charge in [0.25, 0.3) is 6.17 Å². The molecule has 1 aliphatic rings. The molecule has 26 heavy (non-hydrogen) atoms. The molecule has 0 aliphatic carbocycles. The molecule has 0 unspecified atom stereocenters. The number of aromatic amines is 1. The quantitative estimate of drug-likeness (QED) is 0.479. The monoisotopic (exact) mass is 373 g/mol. The predicted octanol–water partition coefficient (Wildman–Crippen LogP) is 3.28. The summed E-state index contributed by atoms with van der Waals surface area (Å²) in [5.74, 6) is 0.850. The van der Waals surface area contributed by atoms with Crippen LogP contribution in [0, 0.1) is 0 Å². The molecule has 0 bridgehead atoms. The molecule has 1 atom stereocenters. The van der Waals surface area contributed by atoms with E-state index in [0.717, 1.165) is 23.4 Å². The Hall–Kier alpha value is -2.15. The molecular formula is C19H25N4O2S+. The lowest BCUT2D eigenvalue weighted by Crippen LogP contribution is -2.59. The van der Waals surface area contributed by atoms with Crippen molar-refractivity contribution >= 4 is 23.4 Å². The maximum Gasteiger partial charge on any atom is 0.325 e. The average molecular weight is 374 g/mol. The third-order valence-corrected chi connectivity index (χ3v) is 5.54. The molecule has 3 rings (SSSR count). The number of fused-ring (bicyclic) bond motifs is 3. The number of benzene rings is 1. The Morgan fingerprint density at radius 2 is 2.08 bits per heavy atom. The Bertz CT molecular complexity index is 865. The highest BCUT2D eigenvalue weighted by Gasteiger charge is 2.40. The van der Waals surface area contributed by atoms with Gasteiger partial charge in [-0.2, -0.15) is 0 Å². The third-order valence-electron chi connectivity index (χ3n) is 4.59. The first-order valence-electron chi connectivity index (χ1n) is 9.12. The second-order valence-corrected chi connectivity index (χ2v) is 7.58. The van der Waals surface area contributed by atoms with Crippen LogP contribution < -0.4 is 15.1 Å². The zero-order chi connectivity index (χ0) is 18.7. The zero-order valence-corrected chi connectivity index (χ0v) is 16.3. The number of rotatable bonds is 6. The number of unbranched alkanes of at least 4 members (excludes halogenated alkanes) is 3. The van der Waals surface area contributed by atoms with Crippen molar-refractivity contribution in [1.29, 1.82) is 0 Å². The fraction of sp³-hybridized carbons (Fsp3) is 0.474. The fourth-order valence-corrected chi connectivity index (χ4v) is 4.19. The van der Waals surface area contributed by atoms with Crippen LogP contribution in [0.3, 0.4) is 0 Å². The Morgan fingerprint density at radius 1 is 1.31 bits per heavy atom. The van der Waals surface area contributed by atoms with Gasteiger partial charge >= 0.3 is 11.3 Å². The van der Waals surface area contributed by atoms with Crippen LogP contribution in [0.1, 0.15) is 52.6 Å². The summed E-state index contributed by atoms with van der Waals surface area (Å²) in [6.07, 6.45) is 4.37. The number of nitrogens with one attached hydrogen (secondary N) is 1. The van der Waals surface area contributed by atoms with Crippen LogP contribution in [0.15, 0.2) is 34.2 Å². The minimum absolute atomic E-state index is 0.0704. The number of carbonyl (C=O) groups is 1. The molecule has 138 valence electrons. The van der Waals surface area contributed by atoms with Gasteiger partial charge in [0.2, 0.25) is 11.1 Å². The van der Waals surface area contributed by atoms with Crippen LogP contribution in [-0.4, -0.2) is 21.7 Å². The highest BCUT2D eigenvalue weighted by molar-refractivity contribution is 7.99. The van der Waals surface area contributed by atoms with Crippen LogP contribution >= 0.6 is 11.8 Å². The summed E-state index contributed by atoms with van der Waals surface area (Å²) < 4.78 is 1.68. The van der Waals surface area contributed by atoms with E-state index in [1.807, 2.05) is 31.2 Å². The summed E-state index contributed by atoms with van der Waals surface area (Å²) in [4.78, 5) is 29.6. The van der Waals surface area contributed by atoms with Gasteiger partial charge in [-0.1, -0.05) is 54.8 Å². The number of anilines is 1. The number of nitrogens with zero attached hydrogens (tertiary/aromatic N) is 3. The number of carbonyl (C=O) groups excluding carboxylic acids is 1. The number of para-hydroxylation sites is 1. The smallest absolute Gasteiger partial charge is 0.291 e. The van der Waals surface area contributed by atoms with Crippen LogP contribution in [0.2, 0.25) is 0 Å². The lowest BCUT2D eigenvalue weighted by Gasteiger charge is -2.29. The maximum absolute atomic E-state index is 12.8. The molecule has 1 aromatic carbocycles. The minimum atomic E-state index is -0.348. The number of aromatic nitrogens is 3. The number of hydrogen-bond donors (Lipinski definition) is 1. The van der Waals surface area contributed by atoms with Gasteiger partial charge < -0.3 is 0 Å². The van der Waals surface area contributed by atoms with Gasteiger partial charge in [-0.3, -0.25) is 19.5 Å². The molecule has 7 heteroatoms. The van der Waals surface area contributed by atoms with Crippen molar-refractivity contribution in [2.24, 2.45) is 0 Å². The van der Waals surface area contributed by atoms with Crippen LogP contribution in [0.5, 0.6) is 0 Å². The number of amides is 1. The number of thioether (sulfide) groups is 1. The van der Waals surface area contributed by atoms with Crippen molar-refractivity contribution in [3.8, 4) is 11.3 Å². The molecule has 1 aliphatic heterocycles. The van der Waals surface area contributed by atoms with Gasteiger partial charge in [-0.15, -0.1) is 0 Å². The summed E-state index contributed by atoms with van der Waals surface area (Å²) in [6, 6.07) is 7.47. The minimum Gasteiger partial charge on any atom is -0.291 e. The van der Waals surface area contributed by atoms with E-state index in [0.29, 0.717) is 10.9 Å². The van der Waals surface area contributed by atoms with Crippen LogP contribution in [0.4, 0.5) is 5.69 Å². The molecule has 1 aromatic heterocycles. The number of H-pyrrole nitrogens is 1. The summed E-state index contributed by atoms with van der Waals surface area (Å²) in [6.45, 7) is 5.62. The maximum atomic E-state index is 12.8. The molecule has 2 aromatic rings. The first kappa shape index (κ1) is 18.6. The molecule has 0 saturated carbocycles. The topological polar surface area (TPSA) is 69.9 Å². The molecular weight excluding hydrogens is 348 g/mol. The largest absolute Gasteiger partial charge is 0.325 e. The summed E-state index contributed by atoms with van der Waals surface area (Å²) in [7, 11) is 0. The Morgan fingerprint density at radius 3 is 2.81 bits per heavy atom. The van der Waals surface area contributed by atoms with Crippen molar-refractivity contribution < 1.29 is 9.48 Å². The van der Waals surface area contributed by atoms with E-state index in [9.17, 15) is 9.59 Å². The second kappa shape index (κ2) is 8.03. The van der Waals surface area contributed by atoms with Crippen molar-refractivity contribution in [1.82, 2.24) is 10.1 Å². The molecule has 6 nitrogen and oxygen atoms in total. The van der Waals surface area contributed by atoms with Gasteiger partial charge in [0, 0.05) is 24.7 Å². The molecule has 0 fully saturated rings. The summed E-state index contributed by atoms with van der Waals surface area (Å²) in [5, 5.41) is 5.24. The highest BCUT2D eigenvalue weighted by Crippen LogP contribution is 2.34. The standard InChI is InChI=1S/C19H24N4O2S/c1-4-5-6-9-12-26-19-20-18(25)17-15-10-7-8-11-16(15)22(14(3)24)13(2)23(17)21-19/h7-8,10-11,13H,4-6,9,12H2,1-3H3/p+1/t13-/m1/s1. The van der Waals surface area contributed by atoms with E-state index in [1.54, 1.807) is 21.3 Å². The Kier molecular flexibility index (Phi) is 5.76. The highest BCUT2D eigenvalue weighted by atomic mass is 32.2. The average Bonchev–Trinajstić information content (AvgIpc) is 2.61. The fourth-order valence-electron chi connectivity index (χ4n) is 3.34. The first-order valence-corrected chi connectivity index (χ1v) is 10.1. The van der Waals surface area contributed by atoms with E-state index < -0.39 is 0 Å². The van der Waals surface area contributed by atoms with E-state index in [-0.39, 0.29) is 17.6 Å². The molecule has 1 N–H and O–H groups in total. The lowest BCUT2D eigenvalue weighted by atomic mass is 10.1. The lowest BCUT2D eigenvalue weighted by molar-refractivity contribution is -0.768. The second-order valence-electron chi connectivity index (χ2n) is 6.50. The van der Waals surface area contributed by atoms with Gasteiger partial charge in [0.15, 0.2) is 0 Å². The summed E-state index contributed by atoms with van der Waals surface area (Å²) in [5.41, 5.74) is 1.81. The van der Waals surface area contributed by atoms with Crippen LogP contribution in [-0.2, 0) is 4.79 Å². The van der Waals surface area contributed by atoms with Crippen molar-refractivity contribution in [3.05, 3.63) is 34.6 Å². The normalized spacial score (nSPS) is 15.5. The Balaban J connectivity index is 1.96. The Labute approximate surface area is 157 Å². The van der Waals surface area contributed by atoms with E-state index in [4.69, 9.17) is 0 Å². The zero-order valence-electron chi connectivity index (χ0n) is 15.5. The van der Waals surface area contributed by atoms with E-state index >= 15 is 0 Å². The van der Waals surface area contributed by atoms with Crippen molar-refractivity contribution in [2.45, 2.75) is 57.8 Å². The van der Waals surface area contributed by atoms with E-state index in [1.165, 1.54) is 26.2 Å². The first-order chi connectivity index (χ1) is 12.5. The molecule has 2 heterocycles. The van der Waals surface area contributed by atoms with Crippen molar-refractivity contribution in [3.63, 3.8) is 0 Å². The molecule has 0 spiro atoms. The van der Waals surface area contributed by atoms with Crippen molar-refractivity contribution in [2.75, 3.05) is 10.7 Å². The van der Waals surface area contributed by atoms with E-state index in [2.05, 4.69) is 17.0 Å². The third kappa shape index (κ3) is 3.53. The molecule has 0 saturated heterocycles. The molecule has 0 radical (unpaired) electrons. The van der Waals surface area contributed by atoms with Gasteiger partial charge in [-0.25, -0.2) is 0 Å². The summed E-state index contributed by atoms with van der Waals surface area (Å²) >= 11 is 1.56. The predicted molar refractivity (Wildman–Crippen MR) is 103 cm³/mol.